The lowest BCUT2D eigenvalue weighted by Crippen LogP contribution is -2.55. The van der Waals surface area contributed by atoms with Gasteiger partial charge in [0, 0.05) is 45.4 Å². The molecule has 0 aromatic carbocycles. The maximum atomic E-state index is 5.88. The Labute approximate surface area is 92.4 Å². The van der Waals surface area contributed by atoms with E-state index >= 15 is 0 Å². The molecular weight excluding hydrogens is 190 g/mol. The third kappa shape index (κ3) is 2.69. The monoisotopic (exact) mass is 213 g/mol. The highest BCUT2D eigenvalue weighted by Gasteiger charge is 2.31. The van der Waals surface area contributed by atoms with Gasteiger partial charge in [-0.1, -0.05) is 0 Å². The topological polar surface area (TPSA) is 41.7 Å². The average molecular weight is 213 g/mol. The number of rotatable bonds is 3. The molecule has 2 atom stereocenters. The Hall–Kier alpha value is -0.160. The van der Waals surface area contributed by atoms with Gasteiger partial charge in [0.1, 0.15) is 0 Å². The van der Waals surface area contributed by atoms with Gasteiger partial charge in [0.15, 0.2) is 0 Å². The molecular formula is C11H23N3O. The van der Waals surface area contributed by atoms with Crippen LogP contribution in [0.2, 0.25) is 0 Å². The Morgan fingerprint density at radius 3 is 2.60 bits per heavy atom. The molecule has 0 aromatic rings. The molecule has 0 aliphatic carbocycles. The fourth-order valence-electron chi connectivity index (χ4n) is 2.60. The molecule has 15 heavy (non-hydrogen) atoms. The van der Waals surface area contributed by atoms with Crippen molar-refractivity contribution in [3.8, 4) is 0 Å². The van der Waals surface area contributed by atoms with E-state index in [1.807, 2.05) is 0 Å². The van der Waals surface area contributed by atoms with E-state index in [9.17, 15) is 0 Å². The van der Waals surface area contributed by atoms with Crippen LogP contribution in [0.3, 0.4) is 0 Å². The minimum atomic E-state index is 0.387. The molecule has 2 N–H and O–H groups in total. The van der Waals surface area contributed by atoms with E-state index in [1.54, 1.807) is 0 Å². The molecule has 2 aliphatic heterocycles. The predicted octanol–water partition coefficient (Wildman–Crippen LogP) is -0.260. The van der Waals surface area contributed by atoms with Crippen LogP contribution in [-0.4, -0.2) is 68.3 Å². The Morgan fingerprint density at radius 2 is 2.07 bits per heavy atom. The van der Waals surface area contributed by atoms with Crippen molar-refractivity contribution in [1.82, 2.24) is 9.80 Å². The number of likely N-dealkylation sites (N-methyl/N-ethyl adjacent to an activating group) is 1. The zero-order valence-electron chi connectivity index (χ0n) is 9.69. The summed E-state index contributed by atoms with van der Waals surface area (Å²) in [4.78, 5) is 4.88. The second-order valence-corrected chi connectivity index (χ2v) is 4.69. The number of piperazine rings is 1. The first-order valence-electron chi connectivity index (χ1n) is 6.05. The number of ether oxygens (including phenoxy) is 1. The normalized spacial score (nSPS) is 32.0. The van der Waals surface area contributed by atoms with Gasteiger partial charge >= 0.3 is 0 Å². The van der Waals surface area contributed by atoms with Crippen molar-refractivity contribution in [2.45, 2.75) is 25.0 Å². The zero-order valence-corrected chi connectivity index (χ0v) is 9.69. The molecule has 4 nitrogen and oxygen atoms in total. The van der Waals surface area contributed by atoms with Crippen molar-refractivity contribution in [3.05, 3.63) is 0 Å². The zero-order chi connectivity index (χ0) is 10.7. The van der Waals surface area contributed by atoms with Crippen molar-refractivity contribution in [2.75, 3.05) is 46.4 Å². The first kappa shape index (κ1) is 11.3. The summed E-state index contributed by atoms with van der Waals surface area (Å²) in [6, 6.07) is 0.446. The lowest BCUT2D eigenvalue weighted by atomic mass is 10.1. The van der Waals surface area contributed by atoms with E-state index < -0.39 is 0 Å². The van der Waals surface area contributed by atoms with Crippen LogP contribution >= 0.6 is 0 Å². The Balaban J connectivity index is 1.88. The summed E-state index contributed by atoms with van der Waals surface area (Å²) < 4.78 is 5.75. The molecule has 0 spiro atoms. The fraction of sp³-hybridized carbons (Fsp3) is 1.00. The second-order valence-electron chi connectivity index (χ2n) is 4.69. The molecule has 2 fully saturated rings. The van der Waals surface area contributed by atoms with Crippen LogP contribution in [0.5, 0.6) is 0 Å². The van der Waals surface area contributed by atoms with E-state index in [4.69, 9.17) is 10.5 Å². The first-order valence-corrected chi connectivity index (χ1v) is 6.05. The van der Waals surface area contributed by atoms with Gasteiger partial charge in [-0.25, -0.2) is 0 Å². The van der Waals surface area contributed by atoms with Crippen LogP contribution in [-0.2, 0) is 4.74 Å². The largest absolute Gasteiger partial charge is 0.377 e. The van der Waals surface area contributed by atoms with Crippen LogP contribution in [0.25, 0.3) is 0 Å². The molecule has 2 unspecified atom stereocenters. The standard InChI is InChI=1S/C11H23N3O/c1-13-4-6-14(7-5-13)10(9-12)11-3-2-8-15-11/h10-11H,2-9,12H2,1H3. The number of hydrogen-bond donors (Lipinski definition) is 1. The van der Waals surface area contributed by atoms with Gasteiger partial charge in [-0.05, 0) is 19.9 Å². The van der Waals surface area contributed by atoms with Gasteiger partial charge in [-0.15, -0.1) is 0 Å². The smallest absolute Gasteiger partial charge is 0.0743 e. The molecule has 0 aromatic heterocycles. The van der Waals surface area contributed by atoms with E-state index in [-0.39, 0.29) is 0 Å². The molecule has 2 aliphatic rings. The summed E-state index contributed by atoms with van der Waals surface area (Å²) in [5, 5.41) is 0. The van der Waals surface area contributed by atoms with Gasteiger partial charge in [0.05, 0.1) is 6.10 Å². The SMILES string of the molecule is CN1CCN(C(CN)C2CCCO2)CC1. The second kappa shape index (κ2) is 5.25. The Morgan fingerprint density at radius 1 is 1.33 bits per heavy atom. The summed E-state index contributed by atoms with van der Waals surface area (Å²) in [6.07, 6.45) is 2.78. The highest BCUT2D eigenvalue weighted by atomic mass is 16.5. The van der Waals surface area contributed by atoms with Crippen LogP contribution < -0.4 is 5.73 Å². The van der Waals surface area contributed by atoms with Gasteiger partial charge in [0.2, 0.25) is 0 Å². The summed E-state index contributed by atoms with van der Waals surface area (Å²) in [5.41, 5.74) is 5.88. The van der Waals surface area contributed by atoms with Gasteiger partial charge in [-0.3, -0.25) is 4.90 Å². The maximum Gasteiger partial charge on any atom is 0.0743 e. The minimum absolute atomic E-state index is 0.387. The molecule has 2 heterocycles. The van der Waals surface area contributed by atoms with Crippen LogP contribution in [0, 0.1) is 0 Å². The third-order valence-corrected chi connectivity index (χ3v) is 3.64. The summed E-state index contributed by atoms with van der Waals surface area (Å²) in [7, 11) is 2.18. The van der Waals surface area contributed by atoms with Crippen LogP contribution in [0.15, 0.2) is 0 Å². The van der Waals surface area contributed by atoms with Gasteiger partial charge in [0.25, 0.3) is 0 Å². The number of nitrogens with two attached hydrogens (primary N) is 1. The molecule has 0 bridgehead atoms. The molecule has 0 radical (unpaired) electrons. The highest BCUT2D eigenvalue weighted by Crippen LogP contribution is 2.20. The summed E-state index contributed by atoms with van der Waals surface area (Å²) in [5.74, 6) is 0. The molecule has 0 saturated carbocycles. The number of hydrogen-bond acceptors (Lipinski definition) is 4. The minimum Gasteiger partial charge on any atom is -0.377 e. The van der Waals surface area contributed by atoms with Crippen molar-refractivity contribution in [3.63, 3.8) is 0 Å². The van der Waals surface area contributed by atoms with Crippen molar-refractivity contribution in [2.24, 2.45) is 5.73 Å². The third-order valence-electron chi connectivity index (χ3n) is 3.64. The average Bonchev–Trinajstić information content (AvgIpc) is 2.75. The number of nitrogens with zero attached hydrogens (tertiary/aromatic N) is 2. The van der Waals surface area contributed by atoms with Crippen molar-refractivity contribution in [1.29, 1.82) is 0 Å². The summed E-state index contributed by atoms with van der Waals surface area (Å²) >= 11 is 0. The molecule has 2 rings (SSSR count). The highest BCUT2D eigenvalue weighted by molar-refractivity contribution is 4.86. The quantitative estimate of drug-likeness (QED) is 0.701. The van der Waals surface area contributed by atoms with Crippen molar-refractivity contribution >= 4 is 0 Å². The van der Waals surface area contributed by atoms with E-state index in [2.05, 4.69) is 16.8 Å². The predicted molar refractivity (Wildman–Crippen MR) is 60.9 cm³/mol. The Kier molecular flexibility index (Phi) is 3.97. The van der Waals surface area contributed by atoms with Crippen molar-refractivity contribution < 1.29 is 4.74 Å². The molecule has 0 amide bonds. The lowest BCUT2D eigenvalue weighted by Gasteiger charge is -2.39. The van der Waals surface area contributed by atoms with Gasteiger partial charge < -0.3 is 15.4 Å². The molecule has 88 valence electrons. The maximum absolute atomic E-state index is 5.88. The fourth-order valence-corrected chi connectivity index (χ4v) is 2.60. The van der Waals surface area contributed by atoms with E-state index in [0.29, 0.717) is 12.1 Å². The molecule has 4 heteroatoms. The van der Waals surface area contributed by atoms with Gasteiger partial charge in [-0.2, -0.15) is 0 Å². The first-order chi connectivity index (χ1) is 7.31. The van der Waals surface area contributed by atoms with Crippen LogP contribution in [0.1, 0.15) is 12.8 Å². The Bertz CT molecular complexity index is 186. The van der Waals surface area contributed by atoms with E-state index in [0.717, 1.165) is 39.3 Å². The van der Waals surface area contributed by atoms with E-state index in [1.165, 1.54) is 12.8 Å². The summed E-state index contributed by atoms with van der Waals surface area (Å²) in [6.45, 7) is 6.24. The molecule has 2 saturated heterocycles. The van der Waals surface area contributed by atoms with Crippen LogP contribution in [0.4, 0.5) is 0 Å². The lowest BCUT2D eigenvalue weighted by molar-refractivity contribution is 0.00939.